The molecule has 0 amide bonds. The van der Waals surface area contributed by atoms with Gasteiger partial charge in [0.15, 0.2) is 6.10 Å². The van der Waals surface area contributed by atoms with Gasteiger partial charge < -0.3 is 14.2 Å². The van der Waals surface area contributed by atoms with Crippen LogP contribution in [0.15, 0.2) is 48.6 Å². The first-order valence-electron chi connectivity index (χ1n) is 28.1. The van der Waals surface area contributed by atoms with Crippen molar-refractivity contribution >= 4 is 17.9 Å². The van der Waals surface area contributed by atoms with Gasteiger partial charge in [0.2, 0.25) is 0 Å². The van der Waals surface area contributed by atoms with E-state index in [1.165, 1.54) is 161 Å². The third-order valence-corrected chi connectivity index (χ3v) is 12.3. The summed E-state index contributed by atoms with van der Waals surface area (Å²) < 4.78 is 16.8. The molecule has 0 aromatic carbocycles. The van der Waals surface area contributed by atoms with E-state index in [1.807, 2.05) is 0 Å². The zero-order valence-corrected chi connectivity index (χ0v) is 43.3. The first-order valence-corrected chi connectivity index (χ1v) is 28.1. The normalized spacial score (nSPS) is 12.4. The van der Waals surface area contributed by atoms with Crippen LogP contribution in [0.3, 0.4) is 0 Å². The lowest BCUT2D eigenvalue weighted by atomic mass is 10.0. The maximum atomic E-state index is 12.8. The van der Waals surface area contributed by atoms with Crippen molar-refractivity contribution in [1.29, 1.82) is 0 Å². The summed E-state index contributed by atoms with van der Waals surface area (Å²) >= 11 is 0. The first-order chi connectivity index (χ1) is 32.0. The lowest BCUT2D eigenvalue weighted by Gasteiger charge is -2.18. The fraction of sp³-hybridized carbons (Fsp3) is 0.814. The molecule has 6 nitrogen and oxygen atoms in total. The molecule has 1 unspecified atom stereocenters. The van der Waals surface area contributed by atoms with Crippen LogP contribution in [0.1, 0.15) is 290 Å². The van der Waals surface area contributed by atoms with Gasteiger partial charge in [0.25, 0.3) is 0 Å². The average molecular weight is 911 g/mol. The Morgan fingerprint density at radius 3 is 0.877 bits per heavy atom. The summed E-state index contributed by atoms with van der Waals surface area (Å²) in [5.74, 6) is -0.889. The van der Waals surface area contributed by atoms with E-state index in [1.54, 1.807) is 0 Å². The molecule has 0 aliphatic heterocycles. The van der Waals surface area contributed by atoms with Crippen LogP contribution < -0.4 is 0 Å². The second-order valence-corrected chi connectivity index (χ2v) is 18.8. The molecular weight excluding hydrogens is 805 g/mol. The van der Waals surface area contributed by atoms with Crippen molar-refractivity contribution in [2.75, 3.05) is 13.2 Å². The SMILES string of the molecule is CCCCCCC/C=C\C/C=C\C/C=C\CCCCCCCCC(=O)OCC(COC(=O)CCCCCCCCCCCCCC)OC(=O)CCCCCCC/C=C\CCCCCCC. The highest BCUT2D eigenvalue weighted by Crippen LogP contribution is 2.15. The van der Waals surface area contributed by atoms with E-state index >= 15 is 0 Å². The zero-order chi connectivity index (χ0) is 47.2. The molecule has 1 atom stereocenters. The summed E-state index contributed by atoms with van der Waals surface area (Å²) in [6.07, 6.45) is 65.2. The summed E-state index contributed by atoms with van der Waals surface area (Å²) in [5.41, 5.74) is 0. The van der Waals surface area contributed by atoms with Crippen LogP contribution >= 0.6 is 0 Å². The van der Waals surface area contributed by atoms with Crippen LogP contribution in [-0.2, 0) is 28.6 Å². The highest BCUT2D eigenvalue weighted by Gasteiger charge is 2.19. The fourth-order valence-electron chi connectivity index (χ4n) is 8.03. The molecule has 0 aliphatic carbocycles. The summed E-state index contributed by atoms with van der Waals surface area (Å²) in [6.45, 7) is 6.62. The minimum absolute atomic E-state index is 0.0782. The van der Waals surface area contributed by atoms with Crippen LogP contribution in [0.25, 0.3) is 0 Å². The Bertz CT molecular complexity index is 1140. The Hall–Kier alpha value is -2.63. The Morgan fingerprint density at radius 1 is 0.308 bits per heavy atom. The van der Waals surface area contributed by atoms with Crippen LogP contribution in [0.4, 0.5) is 0 Å². The molecule has 0 saturated heterocycles. The van der Waals surface area contributed by atoms with E-state index in [0.717, 1.165) is 89.9 Å². The van der Waals surface area contributed by atoms with E-state index < -0.39 is 6.10 Å². The van der Waals surface area contributed by atoms with Crippen molar-refractivity contribution in [3.63, 3.8) is 0 Å². The van der Waals surface area contributed by atoms with Gasteiger partial charge in [-0.3, -0.25) is 14.4 Å². The maximum absolute atomic E-state index is 12.8. The second kappa shape index (κ2) is 54.0. The molecule has 0 aromatic rings. The monoisotopic (exact) mass is 911 g/mol. The van der Waals surface area contributed by atoms with E-state index in [4.69, 9.17) is 14.2 Å². The highest BCUT2D eigenvalue weighted by molar-refractivity contribution is 5.71. The van der Waals surface area contributed by atoms with Gasteiger partial charge in [-0.2, -0.15) is 0 Å². The van der Waals surface area contributed by atoms with Gasteiger partial charge in [-0.1, -0.05) is 236 Å². The number of allylic oxidation sites excluding steroid dienone is 8. The molecule has 65 heavy (non-hydrogen) atoms. The summed E-state index contributed by atoms with van der Waals surface area (Å²) in [4.78, 5) is 38.1. The number of unbranched alkanes of at least 4 members (excludes halogenated alkanes) is 32. The molecule has 0 aliphatic rings. The molecule has 0 radical (unpaired) electrons. The van der Waals surface area contributed by atoms with Crippen molar-refractivity contribution < 1.29 is 28.6 Å². The predicted octanol–water partition coefficient (Wildman–Crippen LogP) is 18.7. The number of hydrogen-bond donors (Lipinski definition) is 0. The second-order valence-electron chi connectivity index (χ2n) is 18.8. The molecule has 0 rings (SSSR count). The molecular formula is C59H106O6. The van der Waals surface area contributed by atoms with Crippen molar-refractivity contribution in [3.05, 3.63) is 48.6 Å². The van der Waals surface area contributed by atoms with E-state index in [9.17, 15) is 14.4 Å². The van der Waals surface area contributed by atoms with Crippen molar-refractivity contribution in [2.24, 2.45) is 0 Å². The third kappa shape index (κ3) is 52.2. The van der Waals surface area contributed by atoms with Gasteiger partial charge in [-0.15, -0.1) is 0 Å². The number of rotatable bonds is 51. The van der Waals surface area contributed by atoms with Gasteiger partial charge >= 0.3 is 17.9 Å². The number of carbonyl (C=O) groups excluding carboxylic acids is 3. The van der Waals surface area contributed by atoms with Crippen LogP contribution in [-0.4, -0.2) is 37.2 Å². The number of hydrogen-bond acceptors (Lipinski definition) is 6. The van der Waals surface area contributed by atoms with Crippen molar-refractivity contribution in [2.45, 2.75) is 297 Å². The third-order valence-electron chi connectivity index (χ3n) is 12.3. The van der Waals surface area contributed by atoms with Crippen LogP contribution in [0.2, 0.25) is 0 Å². The Kier molecular flexibility index (Phi) is 51.8. The number of esters is 3. The highest BCUT2D eigenvalue weighted by atomic mass is 16.6. The van der Waals surface area contributed by atoms with Gasteiger partial charge in [-0.05, 0) is 83.5 Å². The molecule has 0 heterocycles. The first kappa shape index (κ1) is 62.4. The van der Waals surface area contributed by atoms with Gasteiger partial charge in [0, 0.05) is 19.3 Å². The Labute approximate surface area is 403 Å². The maximum Gasteiger partial charge on any atom is 0.306 e. The van der Waals surface area contributed by atoms with Crippen molar-refractivity contribution in [1.82, 2.24) is 0 Å². The topological polar surface area (TPSA) is 78.9 Å². The van der Waals surface area contributed by atoms with Gasteiger partial charge in [0.1, 0.15) is 13.2 Å². The van der Waals surface area contributed by atoms with Crippen LogP contribution in [0.5, 0.6) is 0 Å². The summed E-state index contributed by atoms with van der Waals surface area (Å²) in [5, 5.41) is 0. The molecule has 378 valence electrons. The predicted molar refractivity (Wildman–Crippen MR) is 279 cm³/mol. The van der Waals surface area contributed by atoms with E-state index in [2.05, 4.69) is 69.4 Å². The molecule has 0 spiro atoms. The molecule has 0 N–H and O–H groups in total. The Morgan fingerprint density at radius 2 is 0.554 bits per heavy atom. The van der Waals surface area contributed by atoms with Gasteiger partial charge in [-0.25, -0.2) is 0 Å². The molecule has 0 aromatic heterocycles. The molecule has 6 heteroatoms. The largest absolute Gasteiger partial charge is 0.462 e. The smallest absolute Gasteiger partial charge is 0.306 e. The van der Waals surface area contributed by atoms with Crippen molar-refractivity contribution in [3.8, 4) is 0 Å². The quantitative estimate of drug-likeness (QED) is 0.0262. The lowest BCUT2D eigenvalue weighted by Crippen LogP contribution is -2.30. The lowest BCUT2D eigenvalue weighted by molar-refractivity contribution is -0.167. The Balaban J connectivity index is 4.35. The average Bonchev–Trinajstić information content (AvgIpc) is 3.30. The van der Waals surface area contributed by atoms with E-state index in [0.29, 0.717) is 19.3 Å². The standard InChI is InChI=1S/C59H106O6/c1-4-7-10-13-16-19-22-25-27-28-29-30-31-32-33-35-37-40-43-46-49-52-58(61)64-55-56(54-63-57(60)51-48-45-42-39-36-24-21-18-15-12-9-6-3)65-59(62)53-50-47-44-41-38-34-26-23-20-17-14-11-8-5-2/h22-23,25-26,28-29,31-32,56H,4-21,24,27,30,33-55H2,1-3H3/b25-22-,26-23-,29-28-,32-31-. The summed E-state index contributed by atoms with van der Waals surface area (Å²) in [6, 6.07) is 0. The van der Waals surface area contributed by atoms with Crippen LogP contribution in [0, 0.1) is 0 Å². The minimum atomic E-state index is -0.780. The molecule has 0 saturated carbocycles. The number of ether oxygens (including phenoxy) is 3. The molecule has 0 bridgehead atoms. The van der Waals surface area contributed by atoms with Gasteiger partial charge in [0.05, 0.1) is 0 Å². The minimum Gasteiger partial charge on any atom is -0.462 e. The molecule has 0 fully saturated rings. The fourth-order valence-corrected chi connectivity index (χ4v) is 8.03. The van der Waals surface area contributed by atoms with E-state index in [-0.39, 0.29) is 31.1 Å². The zero-order valence-electron chi connectivity index (χ0n) is 43.3. The summed E-state index contributed by atoms with van der Waals surface area (Å²) in [7, 11) is 0. The number of carbonyl (C=O) groups is 3.